The lowest BCUT2D eigenvalue weighted by Crippen LogP contribution is -2.50. The second kappa shape index (κ2) is 9.18. The van der Waals surface area contributed by atoms with Crippen molar-refractivity contribution in [1.82, 2.24) is 4.98 Å². The number of nitrogens with zero attached hydrogens (tertiary/aromatic N) is 1. The maximum atomic E-state index is 10.3. The van der Waals surface area contributed by atoms with E-state index in [0.717, 1.165) is 25.2 Å². The molecule has 3 saturated carbocycles. The van der Waals surface area contributed by atoms with Crippen molar-refractivity contribution in [3.63, 3.8) is 0 Å². The molecular weight excluding hydrogens is 362 g/mol. The van der Waals surface area contributed by atoms with E-state index < -0.39 is 0 Å². The fourth-order valence-corrected chi connectivity index (χ4v) is 6.02. The summed E-state index contributed by atoms with van der Waals surface area (Å²) in [6, 6.07) is 5.81. The molecule has 3 aliphatic rings. The number of fused-ring (bicyclic) bond motifs is 1. The molecule has 3 fully saturated rings. The molecule has 1 aromatic rings. The van der Waals surface area contributed by atoms with Crippen LogP contribution in [-0.2, 0) is 0 Å². The van der Waals surface area contributed by atoms with Gasteiger partial charge in [-0.1, -0.05) is 32.1 Å². The predicted octanol–water partition coefficient (Wildman–Crippen LogP) is 5.15. The molecule has 1 heterocycles. The van der Waals surface area contributed by atoms with Crippen molar-refractivity contribution in [1.29, 1.82) is 0 Å². The maximum absolute atomic E-state index is 10.3. The molecule has 4 heteroatoms. The number of aliphatic hydroxyl groups is 2. The third kappa shape index (κ3) is 4.54. The number of rotatable bonds is 3. The van der Waals surface area contributed by atoms with Crippen LogP contribution >= 0.6 is 0 Å². The number of ether oxygens (including phenoxy) is 1. The van der Waals surface area contributed by atoms with E-state index in [0.29, 0.717) is 17.2 Å². The van der Waals surface area contributed by atoms with E-state index in [2.05, 4.69) is 25.4 Å². The minimum Gasteiger partial charge on any atom is -0.474 e. The van der Waals surface area contributed by atoms with Gasteiger partial charge < -0.3 is 14.9 Å². The fraction of sp³-hybridized carbons (Fsp3) is 0.720. The Morgan fingerprint density at radius 3 is 2.59 bits per heavy atom. The topological polar surface area (TPSA) is 62.6 Å². The van der Waals surface area contributed by atoms with Gasteiger partial charge in [-0.25, -0.2) is 4.98 Å². The van der Waals surface area contributed by atoms with E-state index in [9.17, 15) is 5.11 Å². The van der Waals surface area contributed by atoms with Crippen molar-refractivity contribution in [2.24, 2.45) is 22.7 Å². The van der Waals surface area contributed by atoms with Crippen LogP contribution in [-0.4, -0.2) is 34.0 Å². The highest BCUT2D eigenvalue weighted by molar-refractivity contribution is 5.19. The van der Waals surface area contributed by atoms with Crippen LogP contribution in [0.15, 0.2) is 36.5 Å². The Balaban J connectivity index is 0.000000755. The molecule has 2 N–H and O–H groups in total. The monoisotopic (exact) mass is 401 g/mol. The van der Waals surface area contributed by atoms with Gasteiger partial charge in [0.1, 0.15) is 6.10 Å². The van der Waals surface area contributed by atoms with Gasteiger partial charge in [0.05, 0.1) is 6.10 Å². The normalized spacial score (nSPS) is 39.3. The van der Waals surface area contributed by atoms with Crippen LogP contribution in [0.1, 0.15) is 72.1 Å². The van der Waals surface area contributed by atoms with Crippen molar-refractivity contribution in [2.75, 3.05) is 6.61 Å². The van der Waals surface area contributed by atoms with Crippen molar-refractivity contribution < 1.29 is 14.9 Å². The van der Waals surface area contributed by atoms with E-state index in [1.807, 2.05) is 18.2 Å². The lowest BCUT2D eigenvalue weighted by atomic mass is 9.55. The van der Waals surface area contributed by atoms with E-state index in [4.69, 9.17) is 9.84 Å². The zero-order valence-electron chi connectivity index (χ0n) is 18.4. The summed E-state index contributed by atoms with van der Waals surface area (Å²) in [5, 5.41) is 17.9. The van der Waals surface area contributed by atoms with Crippen LogP contribution in [0.4, 0.5) is 0 Å². The standard InChI is InChI=1S/C23H33NO2.C2H6O/c1-16-7-8-17-14-18(9-11-22(16,17)2)23(3)12-10-19(25)15-20(23)26-21-6-4-5-13-24-21;1-2-3/h4-6,13,17-20,25H,1,7-12,14-15H2,2-3H3;3H,2H2,1H3. The second-order valence-corrected chi connectivity index (χ2v) is 9.75. The summed E-state index contributed by atoms with van der Waals surface area (Å²) < 4.78 is 6.36. The van der Waals surface area contributed by atoms with Crippen molar-refractivity contribution in [3.05, 3.63) is 36.5 Å². The Hall–Kier alpha value is -1.39. The molecule has 1 aromatic heterocycles. The third-order valence-corrected chi connectivity index (χ3v) is 8.16. The minimum atomic E-state index is -0.253. The van der Waals surface area contributed by atoms with E-state index >= 15 is 0 Å². The highest BCUT2D eigenvalue weighted by Crippen LogP contribution is 2.60. The number of allylic oxidation sites excluding steroid dienone is 1. The molecule has 162 valence electrons. The average molecular weight is 402 g/mol. The minimum absolute atomic E-state index is 0.0418. The highest BCUT2D eigenvalue weighted by atomic mass is 16.5. The Bertz CT molecular complexity index is 678. The summed E-state index contributed by atoms with van der Waals surface area (Å²) in [5.41, 5.74) is 1.95. The molecule has 4 rings (SSSR count). The third-order valence-electron chi connectivity index (χ3n) is 8.16. The Labute approximate surface area is 176 Å². The van der Waals surface area contributed by atoms with Gasteiger partial charge >= 0.3 is 0 Å². The number of pyridine rings is 1. The maximum Gasteiger partial charge on any atom is 0.213 e. The SMILES string of the molecule is C=C1CCC2CC(C3(C)CCC(O)CC3Oc3ccccn3)CCC12C.CCO. The molecule has 3 aliphatic carbocycles. The molecule has 0 bridgehead atoms. The molecule has 0 amide bonds. The van der Waals surface area contributed by atoms with Crippen LogP contribution in [0.5, 0.6) is 5.88 Å². The fourth-order valence-electron chi connectivity index (χ4n) is 6.02. The van der Waals surface area contributed by atoms with Gasteiger partial charge in [-0.15, -0.1) is 0 Å². The number of aliphatic hydroxyl groups excluding tert-OH is 2. The second-order valence-electron chi connectivity index (χ2n) is 9.75. The van der Waals surface area contributed by atoms with E-state index in [1.165, 1.54) is 37.7 Å². The zero-order valence-corrected chi connectivity index (χ0v) is 18.4. The zero-order chi connectivity index (χ0) is 21.1. The quantitative estimate of drug-likeness (QED) is 0.688. The molecule has 6 atom stereocenters. The molecule has 29 heavy (non-hydrogen) atoms. The molecule has 0 radical (unpaired) electrons. The van der Waals surface area contributed by atoms with Crippen LogP contribution in [0.2, 0.25) is 0 Å². The van der Waals surface area contributed by atoms with Crippen LogP contribution in [0.3, 0.4) is 0 Å². The summed E-state index contributed by atoms with van der Waals surface area (Å²) in [6.45, 7) is 11.2. The first-order chi connectivity index (χ1) is 13.8. The molecule has 6 unspecified atom stereocenters. The smallest absolute Gasteiger partial charge is 0.213 e. The van der Waals surface area contributed by atoms with Gasteiger partial charge in [-0.05, 0) is 75.2 Å². The Kier molecular flexibility index (Phi) is 7.06. The largest absolute Gasteiger partial charge is 0.474 e. The highest BCUT2D eigenvalue weighted by Gasteiger charge is 2.53. The number of hydrogen-bond donors (Lipinski definition) is 2. The van der Waals surface area contributed by atoms with Crippen molar-refractivity contribution in [3.8, 4) is 5.88 Å². The summed E-state index contributed by atoms with van der Waals surface area (Å²) in [5.74, 6) is 2.12. The van der Waals surface area contributed by atoms with Crippen LogP contribution < -0.4 is 4.74 Å². The molecular formula is C25H39NO3. The summed E-state index contributed by atoms with van der Waals surface area (Å²) in [4.78, 5) is 4.37. The molecule has 0 aromatic carbocycles. The van der Waals surface area contributed by atoms with Crippen LogP contribution in [0.25, 0.3) is 0 Å². The molecule has 0 saturated heterocycles. The first-order valence-corrected chi connectivity index (χ1v) is 11.4. The van der Waals surface area contributed by atoms with Crippen molar-refractivity contribution in [2.45, 2.75) is 84.3 Å². The molecule has 0 aliphatic heterocycles. The van der Waals surface area contributed by atoms with E-state index in [1.54, 1.807) is 13.1 Å². The Morgan fingerprint density at radius 2 is 1.90 bits per heavy atom. The predicted molar refractivity (Wildman–Crippen MR) is 117 cm³/mol. The summed E-state index contributed by atoms with van der Waals surface area (Å²) in [6.07, 6.45) is 10.5. The first-order valence-electron chi connectivity index (χ1n) is 11.4. The van der Waals surface area contributed by atoms with Gasteiger partial charge in [0, 0.05) is 30.7 Å². The molecule has 4 nitrogen and oxygen atoms in total. The lowest BCUT2D eigenvalue weighted by molar-refractivity contribution is -0.0865. The van der Waals surface area contributed by atoms with Gasteiger partial charge in [0.15, 0.2) is 0 Å². The van der Waals surface area contributed by atoms with Gasteiger partial charge in [0.2, 0.25) is 5.88 Å². The summed E-state index contributed by atoms with van der Waals surface area (Å²) in [7, 11) is 0. The first kappa shape index (κ1) is 22.3. The van der Waals surface area contributed by atoms with Crippen molar-refractivity contribution >= 4 is 0 Å². The number of hydrogen-bond acceptors (Lipinski definition) is 4. The van der Waals surface area contributed by atoms with E-state index in [-0.39, 0.29) is 24.2 Å². The van der Waals surface area contributed by atoms with Gasteiger partial charge in [0.25, 0.3) is 0 Å². The Morgan fingerprint density at radius 1 is 1.14 bits per heavy atom. The average Bonchev–Trinajstić information content (AvgIpc) is 3.00. The van der Waals surface area contributed by atoms with Gasteiger partial charge in [-0.2, -0.15) is 0 Å². The lowest BCUT2D eigenvalue weighted by Gasteiger charge is -2.52. The molecule has 0 spiro atoms. The number of aromatic nitrogens is 1. The summed E-state index contributed by atoms with van der Waals surface area (Å²) >= 11 is 0. The van der Waals surface area contributed by atoms with Crippen LogP contribution in [0, 0.1) is 22.7 Å². The van der Waals surface area contributed by atoms with Gasteiger partial charge in [-0.3, -0.25) is 0 Å².